The molecule has 1 fully saturated rings. The van der Waals surface area contributed by atoms with E-state index in [2.05, 4.69) is 10.1 Å². The maximum Gasteiger partial charge on any atom is 0.309 e. The lowest BCUT2D eigenvalue weighted by atomic mass is 10.1. The number of imide groups is 1. The predicted molar refractivity (Wildman–Crippen MR) is 111 cm³/mol. The molecule has 0 saturated carbocycles. The highest BCUT2D eigenvalue weighted by Crippen LogP contribution is 2.26. The largest absolute Gasteiger partial charge is 0.469 e. The van der Waals surface area contributed by atoms with E-state index in [1.807, 2.05) is 0 Å². The van der Waals surface area contributed by atoms with Crippen molar-refractivity contribution in [3.8, 4) is 0 Å². The molecule has 31 heavy (non-hydrogen) atoms. The molecule has 0 unspecified atom stereocenters. The zero-order valence-electron chi connectivity index (χ0n) is 17.1. The summed E-state index contributed by atoms with van der Waals surface area (Å²) >= 11 is 0. The summed E-state index contributed by atoms with van der Waals surface area (Å²) in [5.41, 5.74) is 2.10. The molecule has 0 bridgehead atoms. The Kier molecular flexibility index (Phi) is 5.81. The number of hydrogen-bond donors (Lipinski definition) is 1. The number of esters is 1. The third kappa shape index (κ3) is 4.34. The Morgan fingerprint density at radius 3 is 2.52 bits per heavy atom. The van der Waals surface area contributed by atoms with Crippen LogP contribution in [0.25, 0.3) is 0 Å². The number of nitrogens with zero attached hydrogens (tertiary/aromatic N) is 1. The van der Waals surface area contributed by atoms with Gasteiger partial charge < -0.3 is 14.8 Å². The molecule has 0 aromatic heterocycles. The molecule has 1 N–H and O–H groups in total. The van der Waals surface area contributed by atoms with Crippen LogP contribution >= 0.6 is 0 Å². The van der Waals surface area contributed by atoms with Gasteiger partial charge in [0.25, 0.3) is 17.7 Å². The first-order chi connectivity index (χ1) is 15.0. The Bertz CT molecular complexity index is 1040. The fourth-order valence-electron chi connectivity index (χ4n) is 3.74. The molecule has 3 amide bonds. The van der Waals surface area contributed by atoms with Gasteiger partial charge in [-0.05, 0) is 48.7 Å². The van der Waals surface area contributed by atoms with Gasteiger partial charge in [-0.15, -0.1) is 0 Å². The smallest absolute Gasteiger partial charge is 0.309 e. The van der Waals surface area contributed by atoms with Crippen molar-refractivity contribution in [3.05, 3.63) is 64.7 Å². The molecule has 0 spiro atoms. The van der Waals surface area contributed by atoms with Gasteiger partial charge in [0.1, 0.15) is 0 Å². The maximum absolute atomic E-state index is 12.8. The van der Waals surface area contributed by atoms with Crippen LogP contribution in [0, 0.1) is 0 Å². The molecule has 0 radical (unpaired) electrons. The van der Waals surface area contributed by atoms with Gasteiger partial charge in [0.05, 0.1) is 37.3 Å². The molecule has 0 aliphatic carbocycles. The first kappa shape index (κ1) is 20.7. The second-order valence-electron chi connectivity index (χ2n) is 7.52. The number of benzene rings is 2. The Balaban J connectivity index is 1.45. The summed E-state index contributed by atoms with van der Waals surface area (Å²) in [5, 5.41) is 2.75. The number of fused-ring (bicyclic) bond motifs is 1. The average molecular weight is 422 g/mol. The molecule has 2 heterocycles. The molecule has 8 nitrogen and oxygen atoms in total. The lowest BCUT2D eigenvalue weighted by molar-refractivity contribution is -0.139. The molecule has 2 aliphatic heterocycles. The summed E-state index contributed by atoms with van der Waals surface area (Å²) in [6.07, 6.45) is 1.75. The quantitative estimate of drug-likeness (QED) is 0.567. The highest BCUT2D eigenvalue weighted by Gasteiger charge is 2.37. The van der Waals surface area contributed by atoms with Crippen LogP contribution in [0.5, 0.6) is 0 Å². The number of anilines is 1. The highest BCUT2D eigenvalue weighted by atomic mass is 16.5. The number of nitrogens with one attached hydrogen (secondary N) is 1. The topological polar surface area (TPSA) is 102 Å². The second-order valence-corrected chi connectivity index (χ2v) is 7.52. The van der Waals surface area contributed by atoms with Crippen LogP contribution in [0.2, 0.25) is 0 Å². The second kappa shape index (κ2) is 8.69. The van der Waals surface area contributed by atoms with E-state index in [9.17, 15) is 19.2 Å². The van der Waals surface area contributed by atoms with E-state index in [0.29, 0.717) is 17.9 Å². The van der Waals surface area contributed by atoms with Crippen LogP contribution in [0.3, 0.4) is 0 Å². The van der Waals surface area contributed by atoms with Crippen molar-refractivity contribution in [3.63, 3.8) is 0 Å². The minimum absolute atomic E-state index is 0.132. The van der Waals surface area contributed by atoms with E-state index >= 15 is 0 Å². The van der Waals surface area contributed by atoms with Crippen molar-refractivity contribution >= 4 is 29.4 Å². The van der Waals surface area contributed by atoms with Gasteiger partial charge >= 0.3 is 5.97 Å². The first-order valence-electron chi connectivity index (χ1n) is 10.0. The summed E-state index contributed by atoms with van der Waals surface area (Å²) in [6.45, 7) is 0.869. The fourth-order valence-corrected chi connectivity index (χ4v) is 3.74. The molecule has 1 atom stereocenters. The van der Waals surface area contributed by atoms with Crippen molar-refractivity contribution < 1.29 is 28.7 Å². The van der Waals surface area contributed by atoms with Gasteiger partial charge in [-0.25, -0.2) is 0 Å². The molecule has 2 aliphatic rings. The van der Waals surface area contributed by atoms with Gasteiger partial charge in [-0.1, -0.05) is 12.1 Å². The molecule has 8 heteroatoms. The number of carbonyl (C=O) groups is 4. The zero-order valence-corrected chi connectivity index (χ0v) is 17.1. The van der Waals surface area contributed by atoms with E-state index in [1.54, 1.807) is 24.3 Å². The minimum Gasteiger partial charge on any atom is -0.469 e. The van der Waals surface area contributed by atoms with Crippen molar-refractivity contribution in [1.29, 1.82) is 0 Å². The zero-order chi connectivity index (χ0) is 22.0. The standard InChI is InChI=1S/C23H22N2O6/c1-30-20(26)11-14-4-7-16(8-5-14)24-21(27)15-6-9-18-19(12-15)23(29)25(22(18)28)13-17-3-2-10-31-17/h4-9,12,17H,2-3,10-11,13H2,1H3,(H,24,27)/t17-/m0/s1. The third-order valence-corrected chi connectivity index (χ3v) is 5.43. The third-order valence-electron chi connectivity index (χ3n) is 5.43. The summed E-state index contributed by atoms with van der Waals surface area (Å²) in [7, 11) is 1.33. The summed E-state index contributed by atoms with van der Waals surface area (Å²) < 4.78 is 10.2. The monoisotopic (exact) mass is 422 g/mol. The Morgan fingerprint density at radius 1 is 1.10 bits per heavy atom. The van der Waals surface area contributed by atoms with E-state index in [-0.39, 0.29) is 42.1 Å². The average Bonchev–Trinajstić information content (AvgIpc) is 3.38. The molecule has 4 rings (SSSR count). The van der Waals surface area contributed by atoms with Crippen LogP contribution in [0.1, 0.15) is 49.5 Å². The van der Waals surface area contributed by atoms with Crippen LogP contribution in [-0.2, 0) is 20.7 Å². The number of ether oxygens (including phenoxy) is 2. The van der Waals surface area contributed by atoms with Gasteiger partial charge in [-0.2, -0.15) is 0 Å². The molecular weight excluding hydrogens is 400 g/mol. The minimum atomic E-state index is -0.405. The molecular formula is C23H22N2O6. The lowest BCUT2D eigenvalue weighted by Crippen LogP contribution is -2.36. The number of hydrogen-bond acceptors (Lipinski definition) is 6. The Hall–Kier alpha value is -3.52. The fraction of sp³-hybridized carbons (Fsp3) is 0.304. The highest BCUT2D eigenvalue weighted by molar-refractivity contribution is 6.22. The summed E-state index contributed by atoms with van der Waals surface area (Å²) in [4.78, 5) is 50.6. The number of carbonyl (C=O) groups excluding carboxylic acids is 4. The van der Waals surface area contributed by atoms with Crippen molar-refractivity contribution in [1.82, 2.24) is 4.90 Å². The maximum atomic E-state index is 12.8. The summed E-state index contributed by atoms with van der Waals surface area (Å²) in [5.74, 6) is -1.51. The Morgan fingerprint density at radius 2 is 1.84 bits per heavy atom. The number of methoxy groups -OCH3 is 1. The SMILES string of the molecule is COC(=O)Cc1ccc(NC(=O)c2ccc3c(c2)C(=O)N(C[C@@H]2CCCO2)C3=O)cc1. The predicted octanol–water partition coefficient (Wildman–Crippen LogP) is 2.43. The summed E-state index contributed by atoms with van der Waals surface area (Å²) in [6, 6.07) is 11.3. The Labute approximate surface area is 179 Å². The van der Waals surface area contributed by atoms with Crippen LogP contribution in [0.15, 0.2) is 42.5 Å². The molecule has 160 valence electrons. The van der Waals surface area contributed by atoms with Gasteiger partial charge in [0.2, 0.25) is 0 Å². The van der Waals surface area contributed by atoms with Crippen LogP contribution < -0.4 is 5.32 Å². The lowest BCUT2D eigenvalue weighted by Gasteiger charge is -2.17. The van der Waals surface area contributed by atoms with Crippen LogP contribution in [0.4, 0.5) is 5.69 Å². The number of amides is 3. The van der Waals surface area contributed by atoms with Gasteiger partial charge in [0, 0.05) is 17.9 Å². The van der Waals surface area contributed by atoms with Crippen molar-refractivity contribution in [2.45, 2.75) is 25.4 Å². The van der Waals surface area contributed by atoms with E-state index in [4.69, 9.17) is 4.74 Å². The van der Waals surface area contributed by atoms with Gasteiger partial charge in [-0.3, -0.25) is 24.1 Å². The van der Waals surface area contributed by atoms with E-state index in [0.717, 1.165) is 18.4 Å². The normalized spacial score (nSPS) is 17.6. The molecule has 2 aromatic carbocycles. The van der Waals surface area contributed by atoms with Crippen LogP contribution in [-0.4, -0.2) is 55.0 Å². The van der Waals surface area contributed by atoms with E-state index < -0.39 is 11.8 Å². The first-order valence-corrected chi connectivity index (χ1v) is 10.0. The van der Waals surface area contributed by atoms with Crippen molar-refractivity contribution in [2.75, 3.05) is 25.6 Å². The van der Waals surface area contributed by atoms with Gasteiger partial charge in [0.15, 0.2) is 0 Å². The molecule has 1 saturated heterocycles. The number of rotatable bonds is 6. The van der Waals surface area contributed by atoms with Crippen molar-refractivity contribution in [2.24, 2.45) is 0 Å². The van der Waals surface area contributed by atoms with E-state index in [1.165, 1.54) is 30.2 Å². The molecule has 2 aromatic rings.